The third-order valence-corrected chi connectivity index (χ3v) is 4.40. The van der Waals surface area contributed by atoms with Crippen molar-refractivity contribution in [1.29, 1.82) is 0 Å². The SMILES string of the molecule is Cc1ccc2c(c1)C(C)N(C)CC2c1ccccc1. The van der Waals surface area contributed by atoms with Crippen molar-refractivity contribution in [3.05, 3.63) is 70.8 Å². The summed E-state index contributed by atoms with van der Waals surface area (Å²) in [7, 11) is 2.23. The predicted octanol–water partition coefficient (Wildman–Crippen LogP) is 4.13. The van der Waals surface area contributed by atoms with Gasteiger partial charge in [0.1, 0.15) is 0 Å². The van der Waals surface area contributed by atoms with Crippen LogP contribution in [0.2, 0.25) is 0 Å². The van der Waals surface area contributed by atoms with Crippen molar-refractivity contribution in [1.82, 2.24) is 4.90 Å². The van der Waals surface area contributed by atoms with E-state index in [1.807, 2.05) is 0 Å². The molecule has 2 atom stereocenters. The average molecular weight is 251 g/mol. The molecule has 1 heterocycles. The van der Waals surface area contributed by atoms with Crippen molar-refractivity contribution in [2.75, 3.05) is 13.6 Å². The summed E-state index contributed by atoms with van der Waals surface area (Å²) in [6.45, 7) is 5.58. The Morgan fingerprint density at radius 3 is 2.47 bits per heavy atom. The Labute approximate surface area is 115 Å². The first kappa shape index (κ1) is 12.4. The summed E-state index contributed by atoms with van der Waals surface area (Å²) in [5.41, 5.74) is 5.77. The Morgan fingerprint density at radius 1 is 1.00 bits per heavy atom. The van der Waals surface area contributed by atoms with Gasteiger partial charge in [-0.15, -0.1) is 0 Å². The van der Waals surface area contributed by atoms with Crippen LogP contribution in [0.25, 0.3) is 0 Å². The van der Waals surface area contributed by atoms with Gasteiger partial charge >= 0.3 is 0 Å². The maximum atomic E-state index is 2.46. The van der Waals surface area contributed by atoms with Gasteiger partial charge in [-0.2, -0.15) is 0 Å². The van der Waals surface area contributed by atoms with Crippen molar-refractivity contribution >= 4 is 0 Å². The van der Waals surface area contributed by atoms with Gasteiger partial charge in [0, 0.05) is 18.5 Å². The van der Waals surface area contributed by atoms with Crippen molar-refractivity contribution in [2.45, 2.75) is 25.8 Å². The molecule has 2 aromatic carbocycles. The Kier molecular flexibility index (Phi) is 3.16. The number of rotatable bonds is 1. The van der Waals surface area contributed by atoms with Crippen LogP contribution in [-0.2, 0) is 0 Å². The maximum Gasteiger partial charge on any atom is 0.0320 e. The second-order valence-corrected chi connectivity index (χ2v) is 5.71. The van der Waals surface area contributed by atoms with Gasteiger partial charge in [-0.05, 0) is 37.6 Å². The lowest BCUT2D eigenvalue weighted by molar-refractivity contribution is 0.234. The molecule has 0 spiro atoms. The molecule has 0 radical (unpaired) electrons. The van der Waals surface area contributed by atoms with E-state index >= 15 is 0 Å². The van der Waals surface area contributed by atoms with Crippen molar-refractivity contribution in [3.63, 3.8) is 0 Å². The van der Waals surface area contributed by atoms with Gasteiger partial charge in [0.05, 0.1) is 0 Å². The first-order valence-electron chi connectivity index (χ1n) is 7.02. The molecule has 0 saturated heterocycles. The molecule has 1 nitrogen and oxygen atoms in total. The number of nitrogens with zero attached hydrogens (tertiary/aromatic N) is 1. The van der Waals surface area contributed by atoms with Gasteiger partial charge in [0.25, 0.3) is 0 Å². The zero-order valence-corrected chi connectivity index (χ0v) is 11.9. The van der Waals surface area contributed by atoms with Crippen LogP contribution in [0.4, 0.5) is 0 Å². The molecule has 98 valence electrons. The van der Waals surface area contributed by atoms with Crippen LogP contribution in [0.5, 0.6) is 0 Å². The second-order valence-electron chi connectivity index (χ2n) is 5.71. The van der Waals surface area contributed by atoms with Gasteiger partial charge in [0.15, 0.2) is 0 Å². The van der Waals surface area contributed by atoms with Crippen LogP contribution >= 0.6 is 0 Å². The largest absolute Gasteiger partial charge is 0.299 e. The molecule has 0 saturated carbocycles. The molecule has 0 aromatic heterocycles. The van der Waals surface area contributed by atoms with Crippen LogP contribution in [0.3, 0.4) is 0 Å². The van der Waals surface area contributed by atoms with E-state index in [2.05, 4.69) is 74.3 Å². The van der Waals surface area contributed by atoms with Gasteiger partial charge in [0.2, 0.25) is 0 Å². The highest BCUT2D eigenvalue weighted by molar-refractivity contribution is 5.43. The van der Waals surface area contributed by atoms with Crippen molar-refractivity contribution < 1.29 is 0 Å². The van der Waals surface area contributed by atoms with Crippen LogP contribution < -0.4 is 0 Å². The van der Waals surface area contributed by atoms with E-state index in [0.717, 1.165) is 6.54 Å². The Balaban J connectivity index is 2.12. The molecule has 2 aromatic rings. The molecule has 0 bridgehead atoms. The third-order valence-electron chi connectivity index (χ3n) is 4.40. The molecule has 3 rings (SSSR count). The molecule has 0 aliphatic carbocycles. The van der Waals surface area contributed by atoms with E-state index in [0.29, 0.717) is 12.0 Å². The van der Waals surface area contributed by atoms with Crippen LogP contribution in [0.1, 0.15) is 41.1 Å². The summed E-state index contributed by atoms with van der Waals surface area (Å²) < 4.78 is 0. The van der Waals surface area contributed by atoms with E-state index < -0.39 is 0 Å². The van der Waals surface area contributed by atoms with Gasteiger partial charge in [-0.3, -0.25) is 4.90 Å². The molecule has 2 unspecified atom stereocenters. The van der Waals surface area contributed by atoms with Crippen LogP contribution in [0, 0.1) is 6.92 Å². The minimum Gasteiger partial charge on any atom is -0.299 e. The summed E-state index contributed by atoms with van der Waals surface area (Å²) in [5, 5.41) is 0. The van der Waals surface area contributed by atoms with E-state index in [4.69, 9.17) is 0 Å². The molecule has 19 heavy (non-hydrogen) atoms. The van der Waals surface area contributed by atoms with E-state index in [1.54, 1.807) is 0 Å². The zero-order valence-electron chi connectivity index (χ0n) is 11.9. The summed E-state index contributed by atoms with van der Waals surface area (Å²) >= 11 is 0. The van der Waals surface area contributed by atoms with Crippen LogP contribution in [0.15, 0.2) is 48.5 Å². The monoisotopic (exact) mass is 251 g/mol. The lowest BCUT2D eigenvalue weighted by Crippen LogP contribution is -2.34. The number of benzene rings is 2. The molecule has 0 amide bonds. The van der Waals surface area contributed by atoms with Crippen molar-refractivity contribution in [3.8, 4) is 0 Å². The molecule has 1 aliphatic heterocycles. The normalized spacial score (nSPS) is 23.1. The zero-order chi connectivity index (χ0) is 13.4. The molecule has 1 aliphatic rings. The Bertz CT molecular complexity index is 573. The molecule has 0 N–H and O–H groups in total. The quantitative estimate of drug-likeness (QED) is 0.736. The molecule has 0 fully saturated rings. The Hall–Kier alpha value is -1.60. The fraction of sp³-hybridized carbons (Fsp3) is 0.333. The topological polar surface area (TPSA) is 3.24 Å². The first-order valence-corrected chi connectivity index (χ1v) is 7.02. The highest BCUT2D eigenvalue weighted by atomic mass is 15.1. The predicted molar refractivity (Wildman–Crippen MR) is 80.5 cm³/mol. The number of aryl methyl sites for hydroxylation is 1. The molecular weight excluding hydrogens is 230 g/mol. The minimum absolute atomic E-state index is 0.498. The smallest absolute Gasteiger partial charge is 0.0320 e. The maximum absolute atomic E-state index is 2.46. The first-order chi connectivity index (χ1) is 9.16. The second kappa shape index (κ2) is 4.82. The molecular formula is C18H21N. The van der Waals surface area contributed by atoms with Gasteiger partial charge < -0.3 is 0 Å². The third kappa shape index (κ3) is 2.19. The fourth-order valence-electron chi connectivity index (χ4n) is 3.13. The summed E-state index contributed by atoms with van der Waals surface area (Å²) in [6.07, 6.45) is 0. The highest BCUT2D eigenvalue weighted by Gasteiger charge is 2.29. The number of likely N-dealkylation sites (N-methyl/N-ethyl adjacent to an activating group) is 1. The van der Waals surface area contributed by atoms with Gasteiger partial charge in [-0.1, -0.05) is 54.1 Å². The standard InChI is InChI=1S/C18H21N/c1-13-9-10-16-17(11-13)14(2)19(3)12-18(16)15-7-5-4-6-8-15/h4-11,14,18H,12H2,1-3H3. The number of hydrogen-bond donors (Lipinski definition) is 0. The lowest BCUT2D eigenvalue weighted by Gasteiger charge is -2.38. The van der Waals surface area contributed by atoms with E-state index in [-0.39, 0.29) is 0 Å². The minimum atomic E-state index is 0.498. The Morgan fingerprint density at radius 2 is 1.74 bits per heavy atom. The summed E-state index contributed by atoms with van der Waals surface area (Å²) in [4.78, 5) is 2.46. The van der Waals surface area contributed by atoms with E-state index in [1.165, 1.54) is 22.3 Å². The van der Waals surface area contributed by atoms with Crippen LogP contribution in [-0.4, -0.2) is 18.5 Å². The van der Waals surface area contributed by atoms with E-state index in [9.17, 15) is 0 Å². The molecule has 1 heteroatoms. The van der Waals surface area contributed by atoms with Crippen molar-refractivity contribution in [2.24, 2.45) is 0 Å². The van der Waals surface area contributed by atoms with Gasteiger partial charge in [-0.25, -0.2) is 0 Å². The number of fused-ring (bicyclic) bond motifs is 1. The highest BCUT2D eigenvalue weighted by Crippen LogP contribution is 2.38. The fourth-order valence-corrected chi connectivity index (χ4v) is 3.13. The summed E-state index contributed by atoms with van der Waals surface area (Å²) in [5.74, 6) is 0.498. The summed E-state index contributed by atoms with van der Waals surface area (Å²) in [6, 6.07) is 18.3. The number of hydrogen-bond acceptors (Lipinski definition) is 1. The lowest BCUT2D eigenvalue weighted by atomic mass is 9.81. The average Bonchev–Trinajstić information content (AvgIpc) is 2.44.